The molecule has 5 nitrogen and oxygen atoms in total. The van der Waals surface area contributed by atoms with Gasteiger partial charge in [-0.25, -0.2) is 4.39 Å². The average Bonchev–Trinajstić information content (AvgIpc) is 3.24. The van der Waals surface area contributed by atoms with Crippen molar-refractivity contribution in [2.45, 2.75) is 46.3 Å². The predicted octanol–water partition coefficient (Wildman–Crippen LogP) is 5.51. The summed E-state index contributed by atoms with van der Waals surface area (Å²) in [6, 6.07) is 14.3. The zero-order valence-corrected chi connectivity index (χ0v) is 18.6. The molecule has 4 rings (SSSR count). The Balaban J connectivity index is 1.71. The van der Waals surface area contributed by atoms with Crippen LogP contribution in [0.1, 0.15) is 59.1 Å². The zero-order chi connectivity index (χ0) is 22.8. The molecule has 2 heterocycles. The molecular formula is C26H26FN3O2. The van der Waals surface area contributed by atoms with Gasteiger partial charge in [0.15, 0.2) is 6.10 Å². The molecule has 6 heteroatoms. The number of rotatable bonds is 5. The lowest BCUT2D eigenvalue weighted by atomic mass is 9.94. The van der Waals surface area contributed by atoms with Gasteiger partial charge in [0, 0.05) is 35.3 Å². The third-order valence-electron chi connectivity index (χ3n) is 5.32. The Morgan fingerprint density at radius 2 is 1.81 bits per heavy atom. The topological polar surface area (TPSA) is 63.6 Å². The molecule has 2 aromatic carbocycles. The fourth-order valence-electron chi connectivity index (χ4n) is 3.66. The molecule has 0 spiro atoms. The van der Waals surface area contributed by atoms with Crippen LogP contribution in [0.15, 0.2) is 59.9 Å². The predicted molar refractivity (Wildman–Crippen MR) is 123 cm³/mol. The second-order valence-corrected chi connectivity index (χ2v) is 8.51. The summed E-state index contributed by atoms with van der Waals surface area (Å²) >= 11 is 0. The monoisotopic (exact) mass is 431 g/mol. The SMILES string of the molecule is Cc1ccc(C2CC(c3cc(C(=O)NC(C)C)cc(-c4ccc(C)cc4F)c3)=NO2)nc1. The highest BCUT2D eigenvalue weighted by atomic mass is 19.1. The summed E-state index contributed by atoms with van der Waals surface area (Å²) in [4.78, 5) is 22.9. The number of halogens is 1. The van der Waals surface area contributed by atoms with Crippen LogP contribution < -0.4 is 5.32 Å². The van der Waals surface area contributed by atoms with Gasteiger partial charge in [0.2, 0.25) is 0 Å². The minimum Gasteiger partial charge on any atom is -0.385 e. The molecule has 1 N–H and O–H groups in total. The molecular weight excluding hydrogens is 405 g/mol. The van der Waals surface area contributed by atoms with Crippen LogP contribution in [0.25, 0.3) is 11.1 Å². The van der Waals surface area contributed by atoms with Crippen molar-refractivity contribution < 1.29 is 14.0 Å². The number of hydrogen-bond donors (Lipinski definition) is 1. The summed E-state index contributed by atoms with van der Waals surface area (Å²) in [5, 5.41) is 7.18. The van der Waals surface area contributed by atoms with Gasteiger partial charge in [-0.05, 0) is 74.7 Å². The quantitative estimate of drug-likeness (QED) is 0.579. The minimum atomic E-state index is -0.330. The number of aryl methyl sites for hydroxylation is 2. The Bertz CT molecular complexity index is 1190. The maximum absolute atomic E-state index is 14.7. The summed E-state index contributed by atoms with van der Waals surface area (Å²) in [7, 11) is 0. The number of oxime groups is 1. The molecule has 164 valence electrons. The van der Waals surface area contributed by atoms with Crippen LogP contribution in [0.3, 0.4) is 0 Å². The Kier molecular flexibility index (Phi) is 6.04. The highest BCUT2D eigenvalue weighted by Gasteiger charge is 2.26. The zero-order valence-electron chi connectivity index (χ0n) is 18.6. The van der Waals surface area contributed by atoms with Gasteiger partial charge in [0.1, 0.15) is 5.82 Å². The van der Waals surface area contributed by atoms with Crippen LogP contribution in [0.4, 0.5) is 4.39 Å². The van der Waals surface area contributed by atoms with Crippen LogP contribution in [-0.4, -0.2) is 22.6 Å². The van der Waals surface area contributed by atoms with E-state index in [4.69, 9.17) is 4.84 Å². The van der Waals surface area contributed by atoms with E-state index in [0.29, 0.717) is 28.8 Å². The first-order chi connectivity index (χ1) is 15.3. The fraction of sp³-hybridized carbons (Fsp3) is 0.269. The molecule has 0 fully saturated rings. The maximum Gasteiger partial charge on any atom is 0.251 e. The van der Waals surface area contributed by atoms with Crippen molar-refractivity contribution >= 4 is 11.6 Å². The van der Waals surface area contributed by atoms with Crippen molar-refractivity contribution in [2.75, 3.05) is 0 Å². The van der Waals surface area contributed by atoms with E-state index in [2.05, 4.69) is 15.5 Å². The van der Waals surface area contributed by atoms with Gasteiger partial charge >= 0.3 is 0 Å². The van der Waals surface area contributed by atoms with Crippen LogP contribution in [0, 0.1) is 19.7 Å². The Morgan fingerprint density at radius 1 is 1.06 bits per heavy atom. The summed E-state index contributed by atoms with van der Waals surface area (Å²) in [5.74, 6) is -0.546. The highest BCUT2D eigenvalue weighted by Crippen LogP contribution is 2.32. The van der Waals surface area contributed by atoms with Crippen LogP contribution >= 0.6 is 0 Å². The average molecular weight is 432 g/mol. The van der Waals surface area contributed by atoms with Crippen molar-refractivity contribution in [3.8, 4) is 11.1 Å². The lowest BCUT2D eigenvalue weighted by Crippen LogP contribution is -2.30. The van der Waals surface area contributed by atoms with E-state index in [0.717, 1.165) is 22.4 Å². The number of carbonyl (C=O) groups is 1. The smallest absolute Gasteiger partial charge is 0.251 e. The molecule has 1 aliphatic rings. The largest absolute Gasteiger partial charge is 0.385 e. The first kappa shape index (κ1) is 21.7. The molecule has 1 aliphatic heterocycles. The molecule has 0 saturated heterocycles. The number of nitrogens with one attached hydrogen (secondary N) is 1. The van der Waals surface area contributed by atoms with Crippen LogP contribution in [0.5, 0.6) is 0 Å². The number of benzene rings is 2. The molecule has 0 bridgehead atoms. The molecule has 0 aliphatic carbocycles. The normalized spacial score (nSPS) is 15.4. The van der Waals surface area contributed by atoms with E-state index in [-0.39, 0.29) is 23.9 Å². The van der Waals surface area contributed by atoms with Gasteiger partial charge in [0.05, 0.1) is 11.4 Å². The fourth-order valence-corrected chi connectivity index (χ4v) is 3.66. The van der Waals surface area contributed by atoms with E-state index in [1.807, 2.05) is 52.0 Å². The first-order valence-corrected chi connectivity index (χ1v) is 10.7. The number of amides is 1. The van der Waals surface area contributed by atoms with Crippen molar-refractivity contribution in [2.24, 2.45) is 5.16 Å². The van der Waals surface area contributed by atoms with E-state index >= 15 is 0 Å². The molecule has 1 amide bonds. The van der Waals surface area contributed by atoms with Crippen LogP contribution in [-0.2, 0) is 4.84 Å². The van der Waals surface area contributed by atoms with E-state index in [9.17, 15) is 9.18 Å². The minimum absolute atomic E-state index is 0.0186. The van der Waals surface area contributed by atoms with Gasteiger partial charge in [-0.3, -0.25) is 9.78 Å². The third kappa shape index (κ3) is 4.69. The van der Waals surface area contributed by atoms with Gasteiger partial charge in [0.25, 0.3) is 5.91 Å². The van der Waals surface area contributed by atoms with E-state index < -0.39 is 0 Å². The van der Waals surface area contributed by atoms with E-state index in [1.165, 1.54) is 6.07 Å². The second-order valence-electron chi connectivity index (χ2n) is 8.51. The second kappa shape index (κ2) is 8.91. The number of carbonyl (C=O) groups excluding carboxylic acids is 1. The van der Waals surface area contributed by atoms with Gasteiger partial charge in [-0.15, -0.1) is 0 Å². The summed E-state index contributed by atoms with van der Waals surface area (Å²) < 4.78 is 14.7. The molecule has 1 aromatic heterocycles. The van der Waals surface area contributed by atoms with Crippen molar-refractivity contribution in [1.29, 1.82) is 0 Å². The summed E-state index contributed by atoms with van der Waals surface area (Å²) in [6.45, 7) is 7.62. The van der Waals surface area contributed by atoms with E-state index in [1.54, 1.807) is 24.4 Å². The highest BCUT2D eigenvalue weighted by molar-refractivity contribution is 6.05. The standard InChI is InChI=1S/C26H26FN3O2/c1-15(2)29-26(31)20-11-18(21-7-5-16(3)9-22(21)27)10-19(12-20)24-13-25(32-30-24)23-8-6-17(4)14-28-23/h5-12,14-15,25H,13H2,1-4H3,(H,29,31). The van der Waals surface area contributed by atoms with Crippen LogP contribution in [0.2, 0.25) is 0 Å². The van der Waals surface area contributed by atoms with Gasteiger partial charge in [-0.1, -0.05) is 23.4 Å². The number of pyridine rings is 1. The molecule has 1 unspecified atom stereocenters. The molecule has 0 saturated carbocycles. The van der Waals surface area contributed by atoms with Crippen molar-refractivity contribution in [3.63, 3.8) is 0 Å². The Labute approximate surface area is 187 Å². The van der Waals surface area contributed by atoms with Crippen molar-refractivity contribution in [3.05, 3.63) is 88.5 Å². The lowest BCUT2D eigenvalue weighted by Gasteiger charge is -2.13. The Morgan fingerprint density at radius 3 is 2.50 bits per heavy atom. The third-order valence-corrected chi connectivity index (χ3v) is 5.32. The first-order valence-electron chi connectivity index (χ1n) is 10.7. The molecule has 1 atom stereocenters. The molecule has 32 heavy (non-hydrogen) atoms. The molecule has 0 radical (unpaired) electrons. The number of aromatic nitrogens is 1. The number of nitrogens with zero attached hydrogens (tertiary/aromatic N) is 2. The Hall–Kier alpha value is -3.54. The van der Waals surface area contributed by atoms with Crippen molar-refractivity contribution in [1.82, 2.24) is 10.3 Å². The maximum atomic E-state index is 14.7. The van der Waals surface area contributed by atoms with Gasteiger partial charge in [-0.2, -0.15) is 0 Å². The van der Waals surface area contributed by atoms with Gasteiger partial charge < -0.3 is 10.2 Å². The number of hydrogen-bond acceptors (Lipinski definition) is 4. The summed E-state index contributed by atoms with van der Waals surface area (Å²) in [6.07, 6.45) is 2.02. The lowest BCUT2D eigenvalue weighted by molar-refractivity contribution is 0.0825. The summed E-state index contributed by atoms with van der Waals surface area (Å²) in [5.41, 5.74) is 5.64. The molecule has 3 aromatic rings.